The molecule has 3 rings (SSSR count). The number of aromatic nitrogens is 1. The van der Waals surface area contributed by atoms with E-state index in [9.17, 15) is 14.4 Å². The molecule has 166 valence electrons. The molecule has 0 saturated carbocycles. The number of hydrogen-bond acceptors (Lipinski definition) is 4. The number of nitrogens with zero attached hydrogens (tertiary/aromatic N) is 2. The minimum Gasteiger partial charge on any atom is -0.323 e. The van der Waals surface area contributed by atoms with Gasteiger partial charge in [0.1, 0.15) is 5.56 Å². The standard InChI is InChI=1S/C25H28N4O3/c1-17-14-15-29(18(2)19-10-6-5-7-11-19)25(32)23(17)24(31)27-21-13-9-8-12-20(21)26-22(30)16-28(3)4/h5-15,18H,16H2,1-4H3,(H,26,30)(H,27,31). The van der Waals surface area contributed by atoms with E-state index in [2.05, 4.69) is 10.6 Å². The molecule has 1 heterocycles. The van der Waals surface area contributed by atoms with Gasteiger partial charge in [-0.05, 0) is 57.3 Å². The van der Waals surface area contributed by atoms with Crippen LogP contribution in [0, 0.1) is 6.92 Å². The highest BCUT2D eigenvalue weighted by Gasteiger charge is 2.20. The van der Waals surface area contributed by atoms with Crippen molar-refractivity contribution in [1.82, 2.24) is 9.47 Å². The number of rotatable bonds is 7. The average Bonchev–Trinajstić information content (AvgIpc) is 2.75. The molecule has 0 aliphatic carbocycles. The summed E-state index contributed by atoms with van der Waals surface area (Å²) in [6.45, 7) is 3.87. The van der Waals surface area contributed by atoms with Crippen molar-refractivity contribution in [1.29, 1.82) is 0 Å². The number of amides is 2. The second-order valence-corrected chi connectivity index (χ2v) is 7.96. The molecule has 32 heavy (non-hydrogen) atoms. The Morgan fingerprint density at radius 1 is 0.938 bits per heavy atom. The molecule has 0 saturated heterocycles. The number of nitrogens with one attached hydrogen (secondary N) is 2. The largest absolute Gasteiger partial charge is 0.323 e. The van der Waals surface area contributed by atoms with E-state index in [1.54, 1.807) is 67.0 Å². The lowest BCUT2D eigenvalue weighted by molar-refractivity contribution is -0.116. The molecule has 1 aromatic heterocycles. The molecule has 1 unspecified atom stereocenters. The van der Waals surface area contributed by atoms with Gasteiger partial charge in [-0.25, -0.2) is 0 Å². The monoisotopic (exact) mass is 432 g/mol. The van der Waals surface area contributed by atoms with Crippen molar-refractivity contribution in [3.63, 3.8) is 0 Å². The summed E-state index contributed by atoms with van der Waals surface area (Å²) in [5.41, 5.74) is 2.16. The third kappa shape index (κ3) is 5.31. The van der Waals surface area contributed by atoms with E-state index < -0.39 is 5.91 Å². The van der Waals surface area contributed by atoms with Gasteiger partial charge >= 0.3 is 0 Å². The van der Waals surface area contributed by atoms with Crippen LogP contribution in [0.2, 0.25) is 0 Å². The van der Waals surface area contributed by atoms with E-state index in [4.69, 9.17) is 0 Å². The number of benzene rings is 2. The maximum Gasteiger partial charge on any atom is 0.264 e. The first kappa shape index (κ1) is 23.0. The summed E-state index contributed by atoms with van der Waals surface area (Å²) >= 11 is 0. The predicted molar refractivity (Wildman–Crippen MR) is 127 cm³/mol. The molecule has 7 nitrogen and oxygen atoms in total. The number of likely N-dealkylation sites (N-methyl/N-ethyl adjacent to an activating group) is 1. The Kier molecular flexibility index (Phi) is 7.22. The lowest BCUT2D eigenvalue weighted by atomic mass is 10.1. The molecule has 0 fully saturated rings. The fourth-order valence-electron chi connectivity index (χ4n) is 3.48. The highest BCUT2D eigenvalue weighted by atomic mass is 16.2. The highest BCUT2D eigenvalue weighted by molar-refractivity contribution is 6.08. The Bertz CT molecular complexity index is 1170. The summed E-state index contributed by atoms with van der Waals surface area (Å²) in [5.74, 6) is -0.719. The van der Waals surface area contributed by atoms with Crippen LogP contribution in [0.1, 0.15) is 34.5 Å². The molecular formula is C25H28N4O3. The van der Waals surface area contributed by atoms with Crippen LogP contribution < -0.4 is 16.2 Å². The Labute approximate surface area is 187 Å². The number of para-hydroxylation sites is 2. The molecule has 0 aliphatic rings. The third-order valence-electron chi connectivity index (χ3n) is 5.16. The Morgan fingerprint density at radius 2 is 1.53 bits per heavy atom. The van der Waals surface area contributed by atoms with Crippen LogP contribution in [0.3, 0.4) is 0 Å². The number of hydrogen-bond donors (Lipinski definition) is 2. The lowest BCUT2D eigenvalue weighted by Gasteiger charge is -2.18. The van der Waals surface area contributed by atoms with E-state index in [-0.39, 0.29) is 29.6 Å². The first-order valence-corrected chi connectivity index (χ1v) is 10.4. The Morgan fingerprint density at radius 3 is 2.16 bits per heavy atom. The molecule has 2 N–H and O–H groups in total. The van der Waals surface area contributed by atoms with Crippen LogP contribution in [-0.4, -0.2) is 41.9 Å². The normalized spacial score (nSPS) is 11.8. The van der Waals surface area contributed by atoms with Crippen LogP contribution in [-0.2, 0) is 4.79 Å². The van der Waals surface area contributed by atoms with Crippen LogP contribution >= 0.6 is 0 Å². The summed E-state index contributed by atoms with van der Waals surface area (Å²) in [6.07, 6.45) is 1.71. The molecule has 3 aromatic rings. The van der Waals surface area contributed by atoms with Gasteiger partial charge in [0.2, 0.25) is 5.91 Å². The van der Waals surface area contributed by atoms with Crippen molar-refractivity contribution in [2.75, 3.05) is 31.3 Å². The fraction of sp³-hybridized carbons (Fsp3) is 0.240. The summed E-state index contributed by atoms with van der Waals surface area (Å²) in [7, 11) is 3.60. The minimum atomic E-state index is -0.517. The molecule has 0 aliphatic heterocycles. The minimum absolute atomic E-state index is 0.0738. The molecule has 2 amide bonds. The van der Waals surface area contributed by atoms with E-state index in [1.807, 2.05) is 37.3 Å². The van der Waals surface area contributed by atoms with Crippen molar-refractivity contribution in [3.05, 3.63) is 93.9 Å². The predicted octanol–water partition coefficient (Wildman–Crippen LogP) is 3.52. The van der Waals surface area contributed by atoms with Crippen LogP contribution in [0.25, 0.3) is 0 Å². The topological polar surface area (TPSA) is 83.4 Å². The molecule has 7 heteroatoms. The zero-order valence-electron chi connectivity index (χ0n) is 18.8. The van der Waals surface area contributed by atoms with E-state index in [1.165, 1.54) is 0 Å². The Balaban J connectivity index is 1.90. The Hall–Kier alpha value is -3.71. The average molecular weight is 433 g/mol. The number of carbonyl (C=O) groups is 2. The van der Waals surface area contributed by atoms with Gasteiger partial charge in [0.25, 0.3) is 11.5 Å². The van der Waals surface area contributed by atoms with Gasteiger partial charge in [-0.1, -0.05) is 42.5 Å². The van der Waals surface area contributed by atoms with Crippen molar-refractivity contribution in [3.8, 4) is 0 Å². The molecule has 0 radical (unpaired) electrons. The molecule has 0 spiro atoms. The van der Waals surface area contributed by atoms with Crippen LogP contribution in [0.4, 0.5) is 11.4 Å². The van der Waals surface area contributed by atoms with Crippen molar-refractivity contribution in [2.45, 2.75) is 19.9 Å². The van der Waals surface area contributed by atoms with Crippen molar-refractivity contribution >= 4 is 23.2 Å². The fourth-order valence-corrected chi connectivity index (χ4v) is 3.48. The van der Waals surface area contributed by atoms with E-state index in [0.717, 1.165) is 5.56 Å². The summed E-state index contributed by atoms with van der Waals surface area (Å²) in [5, 5.41) is 5.59. The number of carbonyl (C=O) groups excluding carboxylic acids is 2. The first-order valence-electron chi connectivity index (χ1n) is 10.4. The number of pyridine rings is 1. The summed E-state index contributed by atoms with van der Waals surface area (Å²) in [4.78, 5) is 40.3. The lowest BCUT2D eigenvalue weighted by Crippen LogP contribution is -2.32. The maximum atomic E-state index is 13.2. The van der Waals surface area contributed by atoms with Gasteiger partial charge in [-0.15, -0.1) is 0 Å². The second-order valence-electron chi connectivity index (χ2n) is 7.96. The summed E-state index contributed by atoms with van der Waals surface area (Å²) < 4.78 is 1.56. The quantitative estimate of drug-likeness (QED) is 0.598. The summed E-state index contributed by atoms with van der Waals surface area (Å²) in [6, 6.07) is 18.1. The van der Waals surface area contributed by atoms with Crippen LogP contribution in [0.15, 0.2) is 71.7 Å². The van der Waals surface area contributed by atoms with Gasteiger partial charge in [-0.2, -0.15) is 0 Å². The van der Waals surface area contributed by atoms with Gasteiger partial charge < -0.3 is 20.1 Å². The van der Waals surface area contributed by atoms with Gasteiger partial charge in [0, 0.05) is 6.20 Å². The number of anilines is 2. The van der Waals surface area contributed by atoms with Gasteiger partial charge in [-0.3, -0.25) is 14.4 Å². The highest BCUT2D eigenvalue weighted by Crippen LogP contribution is 2.22. The van der Waals surface area contributed by atoms with E-state index in [0.29, 0.717) is 16.9 Å². The molecule has 1 atom stereocenters. The van der Waals surface area contributed by atoms with Crippen molar-refractivity contribution < 1.29 is 9.59 Å². The van der Waals surface area contributed by atoms with E-state index >= 15 is 0 Å². The number of aryl methyl sites for hydroxylation is 1. The third-order valence-corrected chi connectivity index (χ3v) is 5.16. The first-order chi connectivity index (χ1) is 15.3. The maximum absolute atomic E-state index is 13.2. The SMILES string of the molecule is Cc1ccn(C(C)c2ccccc2)c(=O)c1C(=O)Nc1ccccc1NC(=O)CN(C)C. The van der Waals surface area contributed by atoms with Gasteiger partial charge in [0.15, 0.2) is 0 Å². The zero-order valence-corrected chi connectivity index (χ0v) is 18.8. The smallest absolute Gasteiger partial charge is 0.264 e. The zero-order chi connectivity index (χ0) is 23.3. The van der Waals surface area contributed by atoms with Crippen LogP contribution in [0.5, 0.6) is 0 Å². The second kappa shape index (κ2) is 10.1. The molecule has 2 aromatic carbocycles. The van der Waals surface area contributed by atoms with Crippen molar-refractivity contribution in [2.24, 2.45) is 0 Å². The molecular weight excluding hydrogens is 404 g/mol. The molecule has 0 bridgehead atoms. The van der Waals surface area contributed by atoms with Gasteiger partial charge in [0.05, 0.1) is 24.0 Å².